The summed E-state index contributed by atoms with van der Waals surface area (Å²) < 4.78 is 21.5. The Morgan fingerprint density at radius 1 is 1.25 bits per heavy atom. The number of benzene rings is 1. The van der Waals surface area contributed by atoms with E-state index in [9.17, 15) is 13.2 Å². The van der Waals surface area contributed by atoms with Crippen molar-refractivity contribution in [2.45, 2.75) is 19.8 Å². The standard InChI is InChI=1S/C13H21N3O3S/c1-2-8-15-12-7-4-3-6-11(12)13(17)16-9-5-10-20(14,18)19/h3-4,6-7,15H,2,5,8-10H2,1H3,(H,16,17)(H2,14,18,19). The molecule has 1 aromatic carbocycles. The molecule has 0 aliphatic rings. The van der Waals surface area contributed by atoms with Crippen molar-refractivity contribution in [1.29, 1.82) is 0 Å². The van der Waals surface area contributed by atoms with Crippen molar-refractivity contribution in [3.8, 4) is 0 Å². The highest BCUT2D eigenvalue weighted by molar-refractivity contribution is 7.89. The van der Waals surface area contributed by atoms with E-state index in [1.807, 2.05) is 19.1 Å². The Labute approximate surface area is 119 Å². The van der Waals surface area contributed by atoms with Crippen LogP contribution in [0.3, 0.4) is 0 Å². The molecule has 0 bridgehead atoms. The lowest BCUT2D eigenvalue weighted by atomic mass is 10.1. The first-order valence-corrected chi connectivity index (χ1v) is 8.27. The zero-order chi connectivity index (χ0) is 15.0. The number of primary sulfonamides is 1. The molecule has 0 fully saturated rings. The number of rotatable bonds is 8. The third kappa shape index (κ3) is 6.03. The normalized spacial score (nSPS) is 11.1. The molecule has 0 saturated carbocycles. The molecular formula is C13H21N3O3S. The Morgan fingerprint density at radius 3 is 2.60 bits per heavy atom. The van der Waals surface area contributed by atoms with Crippen molar-refractivity contribution >= 4 is 21.6 Å². The number of sulfonamides is 1. The van der Waals surface area contributed by atoms with Gasteiger partial charge in [0.15, 0.2) is 0 Å². The second-order valence-electron chi connectivity index (χ2n) is 4.45. The van der Waals surface area contributed by atoms with Gasteiger partial charge in [-0.25, -0.2) is 13.6 Å². The van der Waals surface area contributed by atoms with E-state index in [2.05, 4.69) is 10.6 Å². The molecule has 7 heteroatoms. The molecule has 0 aromatic heterocycles. The van der Waals surface area contributed by atoms with E-state index in [4.69, 9.17) is 5.14 Å². The fraction of sp³-hybridized carbons (Fsp3) is 0.462. The quantitative estimate of drug-likeness (QED) is 0.621. The van der Waals surface area contributed by atoms with Gasteiger partial charge in [0.1, 0.15) is 0 Å². The number of amides is 1. The van der Waals surface area contributed by atoms with Crippen LogP contribution in [0.1, 0.15) is 30.1 Å². The first kappa shape index (κ1) is 16.5. The van der Waals surface area contributed by atoms with E-state index in [1.165, 1.54) is 0 Å². The lowest BCUT2D eigenvalue weighted by Gasteiger charge is -2.11. The predicted octanol–water partition coefficient (Wildman–Crippen LogP) is 0.917. The fourth-order valence-corrected chi connectivity index (χ4v) is 2.21. The van der Waals surface area contributed by atoms with Crippen LogP contribution in [-0.2, 0) is 10.0 Å². The summed E-state index contributed by atoms with van der Waals surface area (Å²) in [5, 5.41) is 10.8. The number of nitrogens with two attached hydrogens (primary N) is 1. The van der Waals surface area contributed by atoms with Crippen molar-refractivity contribution in [3.63, 3.8) is 0 Å². The molecule has 0 aliphatic carbocycles. The van der Waals surface area contributed by atoms with Gasteiger partial charge in [0.2, 0.25) is 10.0 Å². The summed E-state index contributed by atoms with van der Waals surface area (Å²) in [6.07, 6.45) is 1.26. The number of carbonyl (C=O) groups is 1. The van der Waals surface area contributed by atoms with E-state index < -0.39 is 10.0 Å². The first-order chi connectivity index (χ1) is 9.44. The highest BCUT2D eigenvalue weighted by Gasteiger charge is 2.10. The molecule has 0 aliphatic heterocycles. The summed E-state index contributed by atoms with van der Waals surface area (Å²) in [6.45, 7) is 3.11. The number of nitrogens with one attached hydrogen (secondary N) is 2. The Morgan fingerprint density at radius 2 is 1.95 bits per heavy atom. The number of hydrogen-bond donors (Lipinski definition) is 3. The summed E-state index contributed by atoms with van der Waals surface area (Å²) in [6, 6.07) is 7.22. The van der Waals surface area contributed by atoms with E-state index in [0.29, 0.717) is 12.0 Å². The molecule has 0 spiro atoms. The van der Waals surface area contributed by atoms with E-state index in [0.717, 1.165) is 18.7 Å². The lowest BCUT2D eigenvalue weighted by Crippen LogP contribution is -2.28. The van der Waals surface area contributed by atoms with Gasteiger partial charge in [-0.2, -0.15) is 0 Å². The molecule has 1 amide bonds. The third-order valence-electron chi connectivity index (χ3n) is 2.63. The SMILES string of the molecule is CCCNc1ccccc1C(=O)NCCCS(N)(=O)=O. The summed E-state index contributed by atoms with van der Waals surface area (Å²) in [5.74, 6) is -0.359. The van der Waals surface area contributed by atoms with Crippen LogP contribution in [-0.4, -0.2) is 33.2 Å². The van der Waals surface area contributed by atoms with Crippen LogP contribution in [0.25, 0.3) is 0 Å². The van der Waals surface area contributed by atoms with Gasteiger partial charge in [0.25, 0.3) is 5.91 Å². The van der Waals surface area contributed by atoms with Crippen molar-refractivity contribution in [2.75, 3.05) is 24.2 Å². The predicted molar refractivity (Wildman–Crippen MR) is 80.1 cm³/mol. The minimum Gasteiger partial charge on any atom is -0.384 e. The number of carbonyl (C=O) groups excluding carboxylic acids is 1. The Kier molecular flexibility index (Phi) is 6.47. The highest BCUT2D eigenvalue weighted by Crippen LogP contribution is 2.14. The summed E-state index contributed by atoms with van der Waals surface area (Å²) in [5.41, 5.74) is 1.33. The average molecular weight is 299 g/mol. The zero-order valence-corrected chi connectivity index (χ0v) is 12.4. The van der Waals surface area contributed by atoms with Gasteiger partial charge < -0.3 is 10.6 Å². The molecule has 0 radical (unpaired) electrons. The topological polar surface area (TPSA) is 101 Å². The van der Waals surface area contributed by atoms with Crippen molar-refractivity contribution in [3.05, 3.63) is 29.8 Å². The minimum absolute atomic E-state index is 0.136. The smallest absolute Gasteiger partial charge is 0.253 e. The van der Waals surface area contributed by atoms with Crippen LogP contribution in [0.4, 0.5) is 5.69 Å². The lowest BCUT2D eigenvalue weighted by molar-refractivity contribution is 0.0954. The van der Waals surface area contributed by atoms with Crippen LogP contribution in [0.15, 0.2) is 24.3 Å². The molecule has 0 heterocycles. The van der Waals surface area contributed by atoms with Crippen LogP contribution < -0.4 is 15.8 Å². The summed E-state index contributed by atoms with van der Waals surface area (Å²) in [7, 11) is -3.47. The van der Waals surface area contributed by atoms with E-state index >= 15 is 0 Å². The Bertz CT molecular complexity index is 544. The maximum absolute atomic E-state index is 12.0. The molecule has 4 N–H and O–H groups in total. The molecule has 0 unspecified atom stereocenters. The van der Waals surface area contributed by atoms with Gasteiger partial charge in [-0.3, -0.25) is 4.79 Å². The summed E-state index contributed by atoms with van der Waals surface area (Å²) >= 11 is 0. The molecule has 112 valence electrons. The fourth-order valence-electron chi connectivity index (χ4n) is 1.67. The monoisotopic (exact) mass is 299 g/mol. The van der Waals surface area contributed by atoms with Crippen LogP contribution in [0.2, 0.25) is 0 Å². The molecule has 20 heavy (non-hydrogen) atoms. The number of para-hydroxylation sites is 1. The molecule has 6 nitrogen and oxygen atoms in total. The summed E-state index contributed by atoms with van der Waals surface area (Å²) in [4.78, 5) is 12.0. The first-order valence-electron chi connectivity index (χ1n) is 6.55. The highest BCUT2D eigenvalue weighted by atomic mass is 32.2. The van der Waals surface area contributed by atoms with Gasteiger partial charge in [0.05, 0.1) is 11.3 Å². The van der Waals surface area contributed by atoms with Crippen molar-refractivity contribution in [2.24, 2.45) is 5.14 Å². The van der Waals surface area contributed by atoms with E-state index in [1.54, 1.807) is 12.1 Å². The van der Waals surface area contributed by atoms with Crippen LogP contribution in [0, 0.1) is 0 Å². The van der Waals surface area contributed by atoms with Gasteiger partial charge in [0, 0.05) is 18.8 Å². The van der Waals surface area contributed by atoms with E-state index in [-0.39, 0.29) is 18.2 Å². The number of hydrogen-bond acceptors (Lipinski definition) is 4. The van der Waals surface area contributed by atoms with Gasteiger partial charge in [-0.15, -0.1) is 0 Å². The number of anilines is 1. The second kappa shape index (κ2) is 7.86. The Balaban J connectivity index is 2.54. The Hall–Kier alpha value is -1.60. The molecule has 0 saturated heterocycles. The van der Waals surface area contributed by atoms with Crippen LogP contribution in [0.5, 0.6) is 0 Å². The van der Waals surface area contributed by atoms with Crippen LogP contribution >= 0.6 is 0 Å². The molecule has 1 rings (SSSR count). The average Bonchev–Trinajstić information content (AvgIpc) is 2.40. The largest absolute Gasteiger partial charge is 0.384 e. The second-order valence-corrected chi connectivity index (χ2v) is 6.18. The van der Waals surface area contributed by atoms with Gasteiger partial charge in [-0.05, 0) is 25.0 Å². The molecular weight excluding hydrogens is 278 g/mol. The van der Waals surface area contributed by atoms with Crippen molar-refractivity contribution < 1.29 is 13.2 Å². The zero-order valence-electron chi connectivity index (χ0n) is 11.6. The van der Waals surface area contributed by atoms with Gasteiger partial charge in [-0.1, -0.05) is 19.1 Å². The maximum Gasteiger partial charge on any atom is 0.253 e. The van der Waals surface area contributed by atoms with Crippen molar-refractivity contribution in [1.82, 2.24) is 5.32 Å². The minimum atomic E-state index is -3.47. The molecule has 1 aromatic rings. The maximum atomic E-state index is 12.0. The third-order valence-corrected chi connectivity index (χ3v) is 3.49. The molecule has 0 atom stereocenters. The van der Waals surface area contributed by atoms with Gasteiger partial charge >= 0.3 is 0 Å².